The summed E-state index contributed by atoms with van der Waals surface area (Å²) in [5.74, 6) is 1.31. The second-order valence-corrected chi connectivity index (χ2v) is 5.60. The molecule has 7 nitrogen and oxygen atoms in total. The summed E-state index contributed by atoms with van der Waals surface area (Å²) in [4.78, 5) is 4.66. The van der Waals surface area contributed by atoms with Gasteiger partial charge < -0.3 is 10.6 Å². The predicted molar refractivity (Wildman–Crippen MR) is 92.2 cm³/mol. The van der Waals surface area contributed by atoms with Crippen molar-refractivity contribution in [3.63, 3.8) is 0 Å². The van der Waals surface area contributed by atoms with E-state index in [1.54, 1.807) is 12.4 Å². The molecule has 2 aromatic rings. The Morgan fingerprint density at radius 2 is 1.87 bits per heavy atom. The number of aryl methyl sites for hydroxylation is 1. The molecule has 0 radical (unpaired) electrons. The zero-order valence-electron chi connectivity index (χ0n) is 14.0. The molecule has 2 N–H and O–H groups in total. The molecule has 0 aliphatic heterocycles. The van der Waals surface area contributed by atoms with Crippen LogP contribution < -0.4 is 10.6 Å². The topological polar surface area (TPSA) is 72.1 Å². The van der Waals surface area contributed by atoms with Gasteiger partial charge in [-0.2, -0.15) is 10.2 Å². The summed E-state index contributed by atoms with van der Waals surface area (Å²) in [5, 5.41) is 15.1. The fraction of sp³-hybridized carbons (Fsp3) is 0.562. The van der Waals surface area contributed by atoms with E-state index in [-0.39, 0.29) is 0 Å². The normalized spacial score (nSPS) is 13.0. The summed E-state index contributed by atoms with van der Waals surface area (Å²) >= 11 is 0. The van der Waals surface area contributed by atoms with E-state index in [1.807, 2.05) is 33.9 Å². The van der Waals surface area contributed by atoms with Crippen LogP contribution in [0.2, 0.25) is 0 Å². The van der Waals surface area contributed by atoms with Gasteiger partial charge in [-0.05, 0) is 31.4 Å². The van der Waals surface area contributed by atoms with Crippen molar-refractivity contribution in [2.75, 3.05) is 19.6 Å². The Kier molecular flexibility index (Phi) is 7.16. The molecule has 0 fully saturated rings. The van der Waals surface area contributed by atoms with E-state index in [1.165, 1.54) is 0 Å². The zero-order valence-corrected chi connectivity index (χ0v) is 14.0. The maximum absolute atomic E-state index is 4.66. The maximum Gasteiger partial charge on any atom is 0.191 e. The molecule has 0 aromatic carbocycles. The van der Waals surface area contributed by atoms with Gasteiger partial charge in [0.1, 0.15) is 0 Å². The number of aliphatic imine (C=N–C) groups is 1. The lowest BCUT2D eigenvalue weighted by atomic mass is 10.2. The molecular formula is C16H27N7. The fourth-order valence-electron chi connectivity index (χ4n) is 2.25. The van der Waals surface area contributed by atoms with Gasteiger partial charge in [-0.25, -0.2) is 0 Å². The van der Waals surface area contributed by atoms with Crippen molar-refractivity contribution in [2.24, 2.45) is 10.9 Å². The van der Waals surface area contributed by atoms with Crippen LogP contribution in [0.25, 0.3) is 0 Å². The van der Waals surface area contributed by atoms with Gasteiger partial charge in [0.05, 0.1) is 0 Å². The molecule has 2 aromatic heterocycles. The molecule has 2 heterocycles. The summed E-state index contributed by atoms with van der Waals surface area (Å²) in [6, 6.07) is 3.89. The quantitative estimate of drug-likeness (QED) is 0.416. The Morgan fingerprint density at radius 1 is 1.13 bits per heavy atom. The largest absolute Gasteiger partial charge is 0.357 e. The molecule has 1 unspecified atom stereocenters. The molecule has 2 rings (SSSR count). The summed E-state index contributed by atoms with van der Waals surface area (Å²) in [7, 11) is 0. The minimum absolute atomic E-state index is 0.439. The van der Waals surface area contributed by atoms with E-state index in [0.29, 0.717) is 5.92 Å². The summed E-state index contributed by atoms with van der Waals surface area (Å²) in [6.45, 7) is 8.57. The third kappa shape index (κ3) is 6.54. The van der Waals surface area contributed by atoms with Crippen molar-refractivity contribution in [1.82, 2.24) is 30.2 Å². The molecule has 126 valence electrons. The molecule has 7 heteroatoms. The third-order valence-electron chi connectivity index (χ3n) is 3.38. The Morgan fingerprint density at radius 3 is 2.52 bits per heavy atom. The molecule has 1 atom stereocenters. The summed E-state index contributed by atoms with van der Waals surface area (Å²) in [6.07, 6.45) is 8.59. The minimum atomic E-state index is 0.439. The molecule has 0 bridgehead atoms. The molecule has 0 spiro atoms. The van der Waals surface area contributed by atoms with Crippen LogP contribution in [0.1, 0.15) is 20.3 Å². The number of hydrogen-bond donors (Lipinski definition) is 2. The zero-order chi connectivity index (χ0) is 16.3. The van der Waals surface area contributed by atoms with Gasteiger partial charge in [-0.15, -0.1) is 0 Å². The number of aromatic nitrogens is 4. The first-order chi connectivity index (χ1) is 11.3. The first-order valence-corrected chi connectivity index (χ1v) is 8.25. The predicted octanol–water partition coefficient (Wildman–Crippen LogP) is 1.36. The van der Waals surface area contributed by atoms with E-state index < -0.39 is 0 Å². The number of rotatable bonds is 9. The van der Waals surface area contributed by atoms with Crippen molar-refractivity contribution < 1.29 is 0 Å². The van der Waals surface area contributed by atoms with Crippen LogP contribution in [0.3, 0.4) is 0 Å². The van der Waals surface area contributed by atoms with Crippen LogP contribution in [-0.2, 0) is 13.1 Å². The standard InChI is InChI=1S/C16H27N7/c1-3-17-16(18-7-4-10-22-11-5-8-20-22)19-13-15(2)14-23-12-6-9-21-23/h5-6,8-9,11-12,15H,3-4,7,10,13-14H2,1-2H3,(H2,17,18,19). The Hall–Kier alpha value is -2.31. The lowest BCUT2D eigenvalue weighted by molar-refractivity contribution is 0.458. The van der Waals surface area contributed by atoms with Crippen molar-refractivity contribution in [1.29, 1.82) is 0 Å². The van der Waals surface area contributed by atoms with Gasteiger partial charge in [0, 0.05) is 57.5 Å². The number of nitrogens with zero attached hydrogens (tertiary/aromatic N) is 5. The number of guanidine groups is 1. The highest BCUT2D eigenvalue weighted by molar-refractivity contribution is 5.79. The molecule has 0 saturated carbocycles. The van der Waals surface area contributed by atoms with Gasteiger partial charge in [0.2, 0.25) is 0 Å². The van der Waals surface area contributed by atoms with E-state index in [4.69, 9.17) is 0 Å². The monoisotopic (exact) mass is 317 g/mol. The summed E-state index contributed by atoms with van der Waals surface area (Å²) < 4.78 is 3.89. The average molecular weight is 317 g/mol. The smallest absolute Gasteiger partial charge is 0.191 e. The lowest BCUT2D eigenvalue weighted by Crippen LogP contribution is -2.38. The molecule has 0 saturated heterocycles. The van der Waals surface area contributed by atoms with Gasteiger partial charge in [0.15, 0.2) is 5.96 Å². The van der Waals surface area contributed by atoms with E-state index in [9.17, 15) is 0 Å². The van der Waals surface area contributed by atoms with Crippen molar-refractivity contribution in [3.05, 3.63) is 36.9 Å². The van der Waals surface area contributed by atoms with E-state index in [0.717, 1.165) is 45.1 Å². The van der Waals surface area contributed by atoms with Gasteiger partial charge >= 0.3 is 0 Å². The minimum Gasteiger partial charge on any atom is -0.357 e. The van der Waals surface area contributed by atoms with Crippen LogP contribution >= 0.6 is 0 Å². The highest BCUT2D eigenvalue weighted by atomic mass is 15.3. The van der Waals surface area contributed by atoms with Crippen LogP contribution in [-0.4, -0.2) is 45.2 Å². The van der Waals surface area contributed by atoms with Gasteiger partial charge in [-0.1, -0.05) is 6.92 Å². The lowest BCUT2D eigenvalue weighted by Gasteiger charge is -2.13. The van der Waals surface area contributed by atoms with E-state index in [2.05, 4.69) is 39.7 Å². The second kappa shape index (κ2) is 9.66. The van der Waals surface area contributed by atoms with Gasteiger partial charge in [0.25, 0.3) is 0 Å². The fourth-order valence-corrected chi connectivity index (χ4v) is 2.25. The Bertz CT molecular complexity index is 545. The van der Waals surface area contributed by atoms with Crippen LogP contribution in [0.15, 0.2) is 41.9 Å². The highest BCUT2D eigenvalue weighted by Crippen LogP contribution is 2.00. The average Bonchev–Trinajstić information content (AvgIpc) is 3.22. The second-order valence-electron chi connectivity index (χ2n) is 5.60. The molecule has 0 aliphatic rings. The Labute approximate surface area is 137 Å². The Balaban J connectivity index is 1.70. The first-order valence-electron chi connectivity index (χ1n) is 8.25. The number of nitrogens with one attached hydrogen (secondary N) is 2. The summed E-state index contributed by atoms with van der Waals surface area (Å²) in [5.41, 5.74) is 0. The van der Waals surface area contributed by atoms with Gasteiger partial charge in [-0.3, -0.25) is 14.4 Å². The van der Waals surface area contributed by atoms with E-state index >= 15 is 0 Å². The van der Waals surface area contributed by atoms with Crippen LogP contribution in [0.5, 0.6) is 0 Å². The van der Waals surface area contributed by atoms with Crippen LogP contribution in [0.4, 0.5) is 0 Å². The van der Waals surface area contributed by atoms with Crippen molar-refractivity contribution >= 4 is 5.96 Å². The molecular weight excluding hydrogens is 290 g/mol. The molecule has 0 aliphatic carbocycles. The van der Waals surface area contributed by atoms with Crippen molar-refractivity contribution in [3.8, 4) is 0 Å². The molecule has 0 amide bonds. The molecule has 23 heavy (non-hydrogen) atoms. The third-order valence-corrected chi connectivity index (χ3v) is 3.38. The van der Waals surface area contributed by atoms with Crippen LogP contribution in [0, 0.1) is 5.92 Å². The highest BCUT2D eigenvalue weighted by Gasteiger charge is 2.04. The van der Waals surface area contributed by atoms with Crippen molar-refractivity contribution in [2.45, 2.75) is 33.4 Å². The first kappa shape index (κ1) is 17.1. The SMILES string of the molecule is CCNC(=NCC(C)Cn1cccn1)NCCCn1cccn1. The number of hydrogen-bond acceptors (Lipinski definition) is 3. The maximum atomic E-state index is 4.66.